The fourth-order valence-electron chi connectivity index (χ4n) is 0.378. The second kappa shape index (κ2) is 8.54. The third kappa shape index (κ3) is 15.6. The number of allylic oxidation sites excluding steroid dienone is 1. The maximum Gasteiger partial charge on any atom is 0.0166 e. The maximum absolute atomic E-state index is 3.72. The molecule has 0 radical (unpaired) electrons. The molecule has 0 saturated heterocycles. The van der Waals surface area contributed by atoms with Crippen molar-refractivity contribution in [3.63, 3.8) is 0 Å². The molecule has 1 nitrogen and oxygen atoms in total. The summed E-state index contributed by atoms with van der Waals surface area (Å²) in [6.07, 6.45) is 0. The van der Waals surface area contributed by atoms with E-state index in [1.165, 1.54) is 0 Å². The monoisotopic (exact) mass is 143 g/mol. The molecular weight excluding hydrogens is 122 g/mol. The van der Waals surface area contributed by atoms with E-state index in [0.29, 0.717) is 5.92 Å². The van der Waals surface area contributed by atoms with Gasteiger partial charge in [0, 0.05) is 12.2 Å². The first-order valence-electron chi connectivity index (χ1n) is 4.02. The lowest BCUT2D eigenvalue weighted by molar-refractivity contribution is 0.597. The molecule has 0 amide bonds. The van der Waals surface area contributed by atoms with Gasteiger partial charge in [-0.3, -0.25) is 0 Å². The summed E-state index contributed by atoms with van der Waals surface area (Å²) < 4.78 is 0. The third-order valence-corrected chi connectivity index (χ3v) is 0.812. The molecule has 0 heterocycles. The van der Waals surface area contributed by atoms with Crippen molar-refractivity contribution >= 4 is 0 Å². The molecule has 0 aromatic carbocycles. The predicted molar refractivity (Wildman–Crippen MR) is 49.0 cm³/mol. The van der Waals surface area contributed by atoms with E-state index in [2.05, 4.69) is 25.7 Å². The molecule has 0 aliphatic rings. The van der Waals surface area contributed by atoms with E-state index >= 15 is 0 Å². The number of hydrogen-bond donors (Lipinski definition) is 1. The van der Waals surface area contributed by atoms with Crippen molar-refractivity contribution in [3.8, 4) is 0 Å². The van der Waals surface area contributed by atoms with Gasteiger partial charge in [0.15, 0.2) is 0 Å². The fraction of sp³-hybridized carbons (Fsp3) is 0.778. The predicted octanol–water partition coefficient (Wildman–Crippen LogP) is 2.79. The fourth-order valence-corrected chi connectivity index (χ4v) is 0.378. The van der Waals surface area contributed by atoms with Gasteiger partial charge in [0.2, 0.25) is 0 Å². The van der Waals surface area contributed by atoms with Crippen LogP contribution >= 0.6 is 0 Å². The largest absolute Gasteiger partial charge is 0.389 e. The van der Waals surface area contributed by atoms with Crippen molar-refractivity contribution in [3.05, 3.63) is 12.3 Å². The molecule has 0 aromatic rings. The summed E-state index contributed by atoms with van der Waals surface area (Å²) in [4.78, 5) is 0. The quantitative estimate of drug-likeness (QED) is 0.640. The Bertz CT molecular complexity index is 74.8. The third-order valence-electron chi connectivity index (χ3n) is 0.812. The summed E-state index contributed by atoms with van der Waals surface area (Å²) >= 11 is 0. The molecule has 0 spiro atoms. The highest BCUT2D eigenvalue weighted by molar-refractivity contribution is 4.83. The summed E-state index contributed by atoms with van der Waals surface area (Å²) in [5.74, 6) is 0.715. The normalized spacial score (nSPS) is 8.20. The standard InChI is InChI=1S/C7H15N.C2H6/c1-6(2)5-8-7(3)4;1-2/h6,8H,3,5H2,1-2,4H3;1-2H3. The molecule has 62 valence electrons. The number of rotatable bonds is 3. The van der Waals surface area contributed by atoms with Gasteiger partial charge in [0.25, 0.3) is 0 Å². The van der Waals surface area contributed by atoms with Gasteiger partial charge in [-0.25, -0.2) is 0 Å². The van der Waals surface area contributed by atoms with Gasteiger partial charge in [-0.1, -0.05) is 34.3 Å². The van der Waals surface area contributed by atoms with Crippen LogP contribution in [-0.4, -0.2) is 6.54 Å². The maximum atomic E-state index is 3.72. The Kier molecular flexibility index (Phi) is 10.5. The van der Waals surface area contributed by atoms with E-state index in [9.17, 15) is 0 Å². The Morgan fingerprint density at radius 1 is 1.40 bits per heavy atom. The Morgan fingerprint density at radius 3 is 1.90 bits per heavy atom. The highest BCUT2D eigenvalue weighted by Gasteiger charge is 1.89. The van der Waals surface area contributed by atoms with Gasteiger partial charge in [0.05, 0.1) is 0 Å². The van der Waals surface area contributed by atoms with Crippen LogP contribution in [0.1, 0.15) is 34.6 Å². The van der Waals surface area contributed by atoms with Crippen LogP contribution in [0.25, 0.3) is 0 Å². The molecule has 1 N–H and O–H groups in total. The van der Waals surface area contributed by atoms with Crippen molar-refractivity contribution in [2.24, 2.45) is 5.92 Å². The minimum absolute atomic E-state index is 0.715. The van der Waals surface area contributed by atoms with E-state index in [0.717, 1.165) is 12.2 Å². The average molecular weight is 143 g/mol. The molecule has 0 aliphatic heterocycles. The lowest BCUT2D eigenvalue weighted by atomic mass is 10.2. The first kappa shape index (κ1) is 12.2. The lowest BCUT2D eigenvalue weighted by Gasteiger charge is -2.06. The second-order valence-corrected chi connectivity index (χ2v) is 2.56. The Labute approximate surface area is 65.5 Å². The van der Waals surface area contributed by atoms with Crippen LogP contribution in [0, 0.1) is 5.92 Å². The van der Waals surface area contributed by atoms with Crippen molar-refractivity contribution in [1.82, 2.24) is 5.32 Å². The first-order valence-corrected chi connectivity index (χ1v) is 4.02. The van der Waals surface area contributed by atoms with E-state index < -0.39 is 0 Å². The minimum Gasteiger partial charge on any atom is -0.389 e. The smallest absolute Gasteiger partial charge is 0.0166 e. The van der Waals surface area contributed by atoms with Crippen molar-refractivity contribution in [1.29, 1.82) is 0 Å². The average Bonchev–Trinajstić information content (AvgIpc) is 1.89. The van der Waals surface area contributed by atoms with E-state index in [1.807, 2.05) is 20.8 Å². The molecule has 10 heavy (non-hydrogen) atoms. The summed E-state index contributed by atoms with van der Waals surface area (Å²) in [6.45, 7) is 15.1. The van der Waals surface area contributed by atoms with Gasteiger partial charge >= 0.3 is 0 Å². The molecule has 0 aliphatic carbocycles. The highest BCUT2D eigenvalue weighted by atomic mass is 14.9. The topological polar surface area (TPSA) is 12.0 Å². The van der Waals surface area contributed by atoms with Crippen LogP contribution in [0.2, 0.25) is 0 Å². The molecule has 0 unspecified atom stereocenters. The van der Waals surface area contributed by atoms with Crippen molar-refractivity contribution in [2.45, 2.75) is 34.6 Å². The molecule has 0 atom stereocenters. The number of hydrogen-bond acceptors (Lipinski definition) is 1. The van der Waals surface area contributed by atoms with Gasteiger partial charge in [-0.15, -0.1) is 0 Å². The van der Waals surface area contributed by atoms with E-state index in [-0.39, 0.29) is 0 Å². The molecule has 1 heteroatoms. The van der Waals surface area contributed by atoms with Crippen LogP contribution in [0.15, 0.2) is 12.3 Å². The lowest BCUT2D eigenvalue weighted by Crippen LogP contribution is -2.16. The zero-order valence-electron chi connectivity index (χ0n) is 7.99. The van der Waals surface area contributed by atoms with Gasteiger partial charge in [0.1, 0.15) is 0 Å². The first-order chi connectivity index (χ1) is 4.63. The summed E-state index contributed by atoms with van der Waals surface area (Å²) in [7, 11) is 0. The Morgan fingerprint density at radius 2 is 1.80 bits per heavy atom. The minimum atomic E-state index is 0.715. The molecule has 0 saturated carbocycles. The van der Waals surface area contributed by atoms with Gasteiger partial charge in [-0.2, -0.15) is 0 Å². The van der Waals surface area contributed by atoms with Crippen LogP contribution in [-0.2, 0) is 0 Å². The summed E-state index contributed by atoms with van der Waals surface area (Å²) in [5.41, 5.74) is 1.05. The zero-order valence-corrected chi connectivity index (χ0v) is 7.99. The highest BCUT2D eigenvalue weighted by Crippen LogP contribution is 1.88. The Balaban J connectivity index is 0. The summed E-state index contributed by atoms with van der Waals surface area (Å²) in [5, 5.41) is 3.15. The number of nitrogens with one attached hydrogen (secondary N) is 1. The SMILES string of the molecule is C=C(C)NCC(C)C.CC. The van der Waals surface area contributed by atoms with Crippen molar-refractivity contribution < 1.29 is 0 Å². The van der Waals surface area contributed by atoms with Crippen LogP contribution in [0.5, 0.6) is 0 Å². The van der Waals surface area contributed by atoms with Crippen molar-refractivity contribution in [2.75, 3.05) is 6.54 Å². The summed E-state index contributed by atoms with van der Waals surface area (Å²) in [6, 6.07) is 0. The molecule has 0 rings (SSSR count). The molecule has 0 bridgehead atoms. The molecule has 0 aromatic heterocycles. The Hall–Kier alpha value is -0.460. The van der Waals surface area contributed by atoms with Crippen LogP contribution in [0.4, 0.5) is 0 Å². The molecule has 0 fully saturated rings. The second-order valence-electron chi connectivity index (χ2n) is 2.56. The zero-order chi connectivity index (χ0) is 8.57. The van der Waals surface area contributed by atoms with E-state index in [4.69, 9.17) is 0 Å². The molecular formula is C9H21N. The van der Waals surface area contributed by atoms with Gasteiger partial charge in [-0.05, 0) is 12.8 Å². The van der Waals surface area contributed by atoms with Gasteiger partial charge < -0.3 is 5.32 Å². The van der Waals surface area contributed by atoms with Crippen LogP contribution in [0.3, 0.4) is 0 Å². The van der Waals surface area contributed by atoms with E-state index in [1.54, 1.807) is 0 Å². The van der Waals surface area contributed by atoms with Crippen LogP contribution < -0.4 is 5.32 Å².